The summed E-state index contributed by atoms with van der Waals surface area (Å²) in [7, 11) is 0. The van der Waals surface area contributed by atoms with Crippen molar-refractivity contribution in [2.45, 2.75) is 5.92 Å². The van der Waals surface area contributed by atoms with Gasteiger partial charge >= 0.3 is 0 Å². The lowest BCUT2D eigenvalue weighted by atomic mass is 9.96. The molecule has 124 valence electrons. The Kier molecular flexibility index (Phi) is 4.31. The van der Waals surface area contributed by atoms with E-state index in [9.17, 15) is 4.79 Å². The average Bonchev–Trinajstić information content (AvgIpc) is 3.33. The number of pyridine rings is 1. The molecule has 3 aromatic heterocycles. The monoisotopic (exact) mass is 347 g/mol. The third-order valence-electron chi connectivity index (χ3n) is 4.25. The van der Waals surface area contributed by atoms with Crippen molar-refractivity contribution in [3.8, 4) is 0 Å². The van der Waals surface area contributed by atoms with E-state index in [1.165, 1.54) is 15.8 Å². The highest BCUT2D eigenvalue weighted by Gasteiger charge is 2.20. The minimum atomic E-state index is -0.151. The maximum atomic E-state index is 12.4. The summed E-state index contributed by atoms with van der Waals surface area (Å²) < 4.78 is 0. The molecule has 4 nitrogen and oxygen atoms in total. The van der Waals surface area contributed by atoms with Gasteiger partial charge in [-0.3, -0.25) is 9.78 Å². The van der Waals surface area contributed by atoms with Crippen LogP contribution < -0.4 is 5.32 Å². The van der Waals surface area contributed by atoms with Gasteiger partial charge < -0.3 is 10.3 Å². The van der Waals surface area contributed by atoms with Crippen molar-refractivity contribution >= 4 is 28.1 Å². The molecular weight excluding hydrogens is 330 g/mol. The van der Waals surface area contributed by atoms with Crippen LogP contribution in [0.5, 0.6) is 0 Å². The summed E-state index contributed by atoms with van der Waals surface area (Å²) in [5.74, 6) is -0.0502. The first-order valence-electron chi connectivity index (χ1n) is 8.11. The zero-order valence-electron chi connectivity index (χ0n) is 13.5. The van der Waals surface area contributed by atoms with E-state index in [0.717, 1.165) is 5.52 Å². The van der Waals surface area contributed by atoms with Gasteiger partial charge in [0.1, 0.15) is 5.69 Å². The number of hydrogen-bond donors (Lipinski definition) is 2. The number of aromatic nitrogens is 2. The maximum Gasteiger partial charge on any atom is 0.269 e. The van der Waals surface area contributed by atoms with Crippen LogP contribution in [0.4, 0.5) is 0 Å². The second-order valence-corrected chi connectivity index (χ2v) is 6.76. The van der Waals surface area contributed by atoms with E-state index < -0.39 is 0 Å². The Morgan fingerprint density at radius 1 is 1.12 bits per heavy atom. The number of nitrogens with zero attached hydrogens (tertiary/aromatic N) is 1. The number of thiophene rings is 1. The van der Waals surface area contributed by atoms with E-state index >= 15 is 0 Å². The number of hydrogen-bond acceptors (Lipinski definition) is 3. The first-order chi connectivity index (χ1) is 12.3. The zero-order chi connectivity index (χ0) is 17.1. The fourth-order valence-electron chi connectivity index (χ4n) is 3.02. The van der Waals surface area contributed by atoms with E-state index in [2.05, 4.69) is 38.9 Å². The second kappa shape index (κ2) is 6.91. The van der Waals surface area contributed by atoms with Gasteiger partial charge in [-0.2, -0.15) is 0 Å². The average molecular weight is 347 g/mol. The van der Waals surface area contributed by atoms with Crippen LogP contribution in [0.15, 0.2) is 72.4 Å². The molecular formula is C20H17N3OS. The Labute approximate surface area is 149 Å². The lowest BCUT2D eigenvalue weighted by molar-refractivity contribution is 0.0947. The van der Waals surface area contributed by atoms with E-state index in [-0.39, 0.29) is 11.8 Å². The van der Waals surface area contributed by atoms with E-state index in [0.29, 0.717) is 12.2 Å². The zero-order valence-corrected chi connectivity index (χ0v) is 14.3. The van der Waals surface area contributed by atoms with Crippen LogP contribution in [0.25, 0.3) is 10.9 Å². The van der Waals surface area contributed by atoms with Crippen molar-refractivity contribution in [2.75, 3.05) is 6.54 Å². The number of H-pyrrole nitrogens is 1. The molecule has 0 radical (unpaired) electrons. The van der Waals surface area contributed by atoms with Crippen LogP contribution >= 0.6 is 11.3 Å². The number of carbonyl (C=O) groups is 1. The summed E-state index contributed by atoms with van der Waals surface area (Å²) in [5, 5.41) is 6.29. The summed E-state index contributed by atoms with van der Waals surface area (Å²) in [5.41, 5.74) is 2.74. The number of aromatic amines is 1. The van der Waals surface area contributed by atoms with Crippen molar-refractivity contribution in [1.82, 2.24) is 15.3 Å². The minimum absolute atomic E-state index is 0.101. The van der Waals surface area contributed by atoms with Crippen molar-refractivity contribution in [2.24, 2.45) is 0 Å². The molecule has 3 heterocycles. The number of carbonyl (C=O) groups excluding carboxylic acids is 1. The molecule has 0 spiro atoms. The summed E-state index contributed by atoms with van der Waals surface area (Å²) in [6.07, 6.45) is 3.67. The fraction of sp³-hybridized carbons (Fsp3) is 0.100. The number of para-hydroxylation sites is 1. The molecule has 0 saturated heterocycles. The highest BCUT2D eigenvalue weighted by Crippen LogP contribution is 2.32. The number of amides is 1. The van der Waals surface area contributed by atoms with Crippen molar-refractivity contribution in [3.63, 3.8) is 0 Å². The van der Waals surface area contributed by atoms with Gasteiger partial charge in [0.25, 0.3) is 5.91 Å². The minimum Gasteiger partial charge on any atom is -0.361 e. The van der Waals surface area contributed by atoms with Crippen LogP contribution in [-0.4, -0.2) is 22.4 Å². The molecule has 0 aliphatic carbocycles. The van der Waals surface area contributed by atoms with Gasteiger partial charge in [-0.1, -0.05) is 30.3 Å². The third kappa shape index (κ3) is 3.19. The lowest BCUT2D eigenvalue weighted by Crippen LogP contribution is -2.29. The Hall–Kier alpha value is -2.92. The van der Waals surface area contributed by atoms with Gasteiger partial charge in [-0.15, -0.1) is 11.3 Å². The van der Waals surface area contributed by atoms with Crippen molar-refractivity contribution in [1.29, 1.82) is 0 Å². The van der Waals surface area contributed by atoms with Gasteiger partial charge in [0.05, 0.1) is 0 Å². The third-order valence-corrected chi connectivity index (χ3v) is 5.23. The molecule has 2 N–H and O–H groups in total. The Bertz CT molecular complexity index is 977. The quantitative estimate of drug-likeness (QED) is 0.569. The number of benzene rings is 1. The van der Waals surface area contributed by atoms with Crippen molar-refractivity contribution in [3.05, 3.63) is 88.5 Å². The Balaban J connectivity index is 1.63. The molecule has 0 saturated carbocycles. The summed E-state index contributed by atoms with van der Waals surface area (Å²) in [6.45, 7) is 0.526. The van der Waals surface area contributed by atoms with Crippen LogP contribution in [0, 0.1) is 0 Å². The first-order valence-corrected chi connectivity index (χ1v) is 8.99. The maximum absolute atomic E-state index is 12.4. The molecule has 4 aromatic rings. The fourth-order valence-corrected chi connectivity index (χ4v) is 3.86. The van der Waals surface area contributed by atoms with Crippen LogP contribution in [-0.2, 0) is 0 Å². The van der Waals surface area contributed by atoms with Crippen LogP contribution in [0.1, 0.15) is 26.8 Å². The van der Waals surface area contributed by atoms with Crippen LogP contribution in [0.2, 0.25) is 0 Å². The van der Waals surface area contributed by atoms with Gasteiger partial charge in [0.2, 0.25) is 0 Å². The molecule has 1 aromatic carbocycles. The molecule has 0 aliphatic heterocycles. The normalized spacial score (nSPS) is 12.2. The van der Waals surface area contributed by atoms with E-state index in [1.807, 2.05) is 30.5 Å². The largest absolute Gasteiger partial charge is 0.361 e. The first kappa shape index (κ1) is 15.6. The SMILES string of the molecule is O=C(NC[C@H](c1cccs1)c1c[nH]c2ccccc12)c1ccccn1. The number of rotatable bonds is 5. The molecule has 1 atom stereocenters. The molecule has 0 aliphatic rings. The lowest BCUT2D eigenvalue weighted by Gasteiger charge is -2.16. The molecule has 0 fully saturated rings. The van der Waals surface area contributed by atoms with Gasteiger partial charge in [-0.05, 0) is 35.2 Å². The van der Waals surface area contributed by atoms with Gasteiger partial charge in [-0.25, -0.2) is 0 Å². The molecule has 25 heavy (non-hydrogen) atoms. The summed E-state index contributed by atoms with van der Waals surface area (Å²) in [6, 6.07) is 17.7. The molecule has 5 heteroatoms. The summed E-state index contributed by atoms with van der Waals surface area (Å²) in [4.78, 5) is 21.0. The number of nitrogens with one attached hydrogen (secondary N) is 2. The highest BCUT2D eigenvalue weighted by atomic mass is 32.1. The number of fused-ring (bicyclic) bond motifs is 1. The topological polar surface area (TPSA) is 57.8 Å². The Morgan fingerprint density at radius 3 is 2.80 bits per heavy atom. The molecule has 1 amide bonds. The second-order valence-electron chi connectivity index (χ2n) is 5.78. The predicted octanol–water partition coefficient (Wildman–Crippen LogP) is 4.19. The molecule has 0 bridgehead atoms. The summed E-state index contributed by atoms with van der Waals surface area (Å²) >= 11 is 1.70. The van der Waals surface area contributed by atoms with E-state index in [4.69, 9.17) is 0 Å². The standard InChI is InChI=1S/C20H17N3OS/c24-20(18-8-3-4-10-21-18)23-13-16(19-9-5-11-25-19)15-12-22-17-7-2-1-6-14(15)17/h1-12,16,22H,13H2,(H,23,24)/t16-/m0/s1. The molecule has 0 unspecified atom stereocenters. The predicted molar refractivity (Wildman–Crippen MR) is 101 cm³/mol. The van der Waals surface area contributed by atoms with Gasteiger partial charge in [0.15, 0.2) is 0 Å². The highest BCUT2D eigenvalue weighted by molar-refractivity contribution is 7.10. The Morgan fingerprint density at radius 2 is 2.00 bits per heavy atom. The van der Waals surface area contributed by atoms with Crippen LogP contribution in [0.3, 0.4) is 0 Å². The van der Waals surface area contributed by atoms with E-state index in [1.54, 1.807) is 29.7 Å². The smallest absolute Gasteiger partial charge is 0.269 e. The molecule has 4 rings (SSSR count). The van der Waals surface area contributed by atoms with Gasteiger partial charge in [0, 0.05) is 40.6 Å². The van der Waals surface area contributed by atoms with Crippen molar-refractivity contribution < 1.29 is 4.79 Å².